The Morgan fingerprint density at radius 2 is 2.18 bits per heavy atom. The third kappa shape index (κ3) is 2.56. The molecule has 17 heavy (non-hydrogen) atoms. The number of halogens is 2. The van der Waals surface area contributed by atoms with Crippen molar-refractivity contribution in [2.45, 2.75) is 5.03 Å². The summed E-state index contributed by atoms with van der Waals surface area (Å²) in [6.45, 7) is 0. The van der Waals surface area contributed by atoms with Crippen molar-refractivity contribution in [3.63, 3.8) is 0 Å². The molecular formula is C9H7ClFN3O2S. The number of benzene rings is 1. The van der Waals surface area contributed by atoms with Gasteiger partial charge in [-0.25, -0.2) is 9.37 Å². The van der Waals surface area contributed by atoms with Crippen LogP contribution >= 0.6 is 11.6 Å². The summed E-state index contributed by atoms with van der Waals surface area (Å²) in [4.78, 5) is 6.00. The molecule has 90 valence electrons. The summed E-state index contributed by atoms with van der Waals surface area (Å²) in [5.41, 5.74) is -0.177. The average molecular weight is 276 g/mol. The third-order valence-electron chi connectivity index (χ3n) is 1.94. The Morgan fingerprint density at radius 1 is 1.41 bits per heavy atom. The van der Waals surface area contributed by atoms with Gasteiger partial charge in [-0.15, -0.1) is 0 Å². The molecule has 5 nitrogen and oxygen atoms in total. The molecule has 0 aliphatic heterocycles. The Balaban J connectivity index is 2.33. The first-order chi connectivity index (χ1) is 7.99. The number of anilines is 1. The van der Waals surface area contributed by atoms with E-state index in [1.807, 2.05) is 0 Å². The lowest BCUT2D eigenvalue weighted by molar-refractivity contribution is 0.596. The monoisotopic (exact) mass is 275 g/mol. The van der Waals surface area contributed by atoms with Crippen LogP contribution in [0, 0.1) is 5.82 Å². The number of nitrogens with one attached hydrogen (secondary N) is 2. The van der Waals surface area contributed by atoms with Gasteiger partial charge in [-0.3, -0.25) is 4.72 Å². The Labute approximate surface area is 102 Å². The van der Waals surface area contributed by atoms with Crippen LogP contribution in [0.1, 0.15) is 0 Å². The lowest BCUT2D eigenvalue weighted by atomic mass is 10.3. The Hall–Kier alpha value is -1.60. The van der Waals surface area contributed by atoms with Crippen LogP contribution in [0.3, 0.4) is 0 Å². The summed E-state index contributed by atoms with van der Waals surface area (Å²) in [5, 5.41) is 0.0406. The molecule has 0 bridgehead atoms. The molecule has 1 heterocycles. The van der Waals surface area contributed by atoms with Crippen molar-refractivity contribution in [1.29, 1.82) is 0 Å². The van der Waals surface area contributed by atoms with Gasteiger partial charge < -0.3 is 4.98 Å². The molecule has 0 atom stereocenters. The summed E-state index contributed by atoms with van der Waals surface area (Å²) in [7, 11) is -3.86. The maximum Gasteiger partial charge on any atom is 0.279 e. The van der Waals surface area contributed by atoms with Crippen molar-refractivity contribution < 1.29 is 12.8 Å². The number of imidazole rings is 1. The molecule has 0 unspecified atom stereocenters. The minimum Gasteiger partial charge on any atom is -0.334 e. The van der Waals surface area contributed by atoms with Crippen LogP contribution in [0.5, 0.6) is 0 Å². The molecule has 0 spiro atoms. The van der Waals surface area contributed by atoms with Crippen LogP contribution in [0.4, 0.5) is 10.1 Å². The zero-order valence-electron chi connectivity index (χ0n) is 8.31. The second-order valence-electron chi connectivity index (χ2n) is 3.15. The van der Waals surface area contributed by atoms with Gasteiger partial charge in [0.15, 0.2) is 5.03 Å². The first-order valence-electron chi connectivity index (χ1n) is 4.45. The van der Waals surface area contributed by atoms with E-state index in [4.69, 9.17) is 11.6 Å². The van der Waals surface area contributed by atoms with Crippen LogP contribution < -0.4 is 4.72 Å². The number of aromatic nitrogens is 2. The van der Waals surface area contributed by atoms with E-state index in [9.17, 15) is 12.8 Å². The molecule has 1 aromatic heterocycles. The number of sulfonamides is 1. The van der Waals surface area contributed by atoms with Gasteiger partial charge in [-0.1, -0.05) is 11.6 Å². The van der Waals surface area contributed by atoms with Gasteiger partial charge in [-0.05, 0) is 18.2 Å². The van der Waals surface area contributed by atoms with Crippen molar-refractivity contribution in [3.8, 4) is 0 Å². The molecule has 0 aliphatic rings. The molecular weight excluding hydrogens is 269 g/mol. The maximum atomic E-state index is 13.4. The summed E-state index contributed by atoms with van der Waals surface area (Å²) < 4.78 is 38.9. The van der Waals surface area contributed by atoms with E-state index in [1.165, 1.54) is 18.5 Å². The molecule has 0 aliphatic carbocycles. The fourth-order valence-corrected chi connectivity index (χ4v) is 2.29. The fourth-order valence-electron chi connectivity index (χ4n) is 1.16. The first-order valence-corrected chi connectivity index (χ1v) is 6.31. The number of hydrogen-bond acceptors (Lipinski definition) is 3. The summed E-state index contributed by atoms with van der Waals surface area (Å²) in [6, 6.07) is 3.65. The molecule has 2 N–H and O–H groups in total. The largest absolute Gasteiger partial charge is 0.334 e. The van der Waals surface area contributed by atoms with E-state index < -0.39 is 15.8 Å². The molecule has 2 aromatic rings. The van der Waals surface area contributed by atoms with E-state index in [1.54, 1.807) is 0 Å². The number of hydrogen-bond donors (Lipinski definition) is 2. The Bertz CT molecular complexity index is 628. The highest BCUT2D eigenvalue weighted by molar-refractivity contribution is 7.92. The molecule has 1 aromatic carbocycles. The van der Waals surface area contributed by atoms with Crippen molar-refractivity contribution in [1.82, 2.24) is 9.97 Å². The lowest BCUT2D eigenvalue weighted by Crippen LogP contribution is -2.14. The van der Waals surface area contributed by atoms with Crippen LogP contribution in [-0.2, 0) is 10.0 Å². The van der Waals surface area contributed by atoms with E-state index in [-0.39, 0.29) is 15.7 Å². The molecule has 8 heteroatoms. The SMILES string of the molecule is O=S(=O)(Nc1ccc(Cl)cc1F)c1cnc[nH]1. The normalized spacial score (nSPS) is 11.4. The van der Waals surface area contributed by atoms with Gasteiger partial charge in [0.1, 0.15) is 5.82 Å². The highest BCUT2D eigenvalue weighted by Crippen LogP contribution is 2.21. The van der Waals surface area contributed by atoms with Crippen molar-refractivity contribution >= 4 is 27.3 Å². The van der Waals surface area contributed by atoms with Crippen LogP contribution in [0.25, 0.3) is 0 Å². The topological polar surface area (TPSA) is 74.8 Å². The lowest BCUT2D eigenvalue weighted by Gasteiger charge is -2.07. The van der Waals surface area contributed by atoms with E-state index in [0.29, 0.717) is 0 Å². The van der Waals surface area contributed by atoms with Crippen molar-refractivity contribution in [3.05, 3.63) is 41.6 Å². The van der Waals surface area contributed by atoms with Crippen LogP contribution in [-0.4, -0.2) is 18.4 Å². The van der Waals surface area contributed by atoms with Gasteiger partial charge in [-0.2, -0.15) is 8.42 Å². The van der Waals surface area contributed by atoms with Gasteiger partial charge in [0, 0.05) is 5.02 Å². The predicted octanol–water partition coefficient (Wildman–Crippen LogP) is 2.00. The van der Waals surface area contributed by atoms with Gasteiger partial charge in [0.2, 0.25) is 0 Å². The third-order valence-corrected chi connectivity index (χ3v) is 3.46. The predicted molar refractivity (Wildman–Crippen MR) is 60.8 cm³/mol. The van der Waals surface area contributed by atoms with E-state index in [2.05, 4.69) is 14.7 Å². The highest BCUT2D eigenvalue weighted by atomic mass is 35.5. The zero-order valence-corrected chi connectivity index (χ0v) is 9.89. The smallest absolute Gasteiger partial charge is 0.279 e. The van der Waals surface area contributed by atoms with Crippen molar-refractivity contribution in [2.75, 3.05) is 4.72 Å². The van der Waals surface area contributed by atoms with E-state index >= 15 is 0 Å². The molecule has 0 saturated heterocycles. The maximum absolute atomic E-state index is 13.4. The van der Waals surface area contributed by atoms with E-state index in [0.717, 1.165) is 12.3 Å². The number of nitrogens with zero attached hydrogens (tertiary/aromatic N) is 1. The zero-order chi connectivity index (χ0) is 12.5. The molecule has 0 amide bonds. The van der Waals surface area contributed by atoms with Gasteiger partial charge >= 0.3 is 0 Å². The standard InChI is InChI=1S/C9H7ClFN3O2S/c10-6-1-2-8(7(11)3-6)14-17(15,16)9-4-12-5-13-9/h1-5,14H,(H,12,13). The van der Waals surface area contributed by atoms with Gasteiger partial charge in [0.25, 0.3) is 10.0 Å². The minimum absolute atomic E-state index is 0.146. The van der Waals surface area contributed by atoms with Crippen molar-refractivity contribution in [2.24, 2.45) is 0 Å². The summed E-state index contributed by atoms with van der Waals surface area (Å²) in [5.74, 6) is -0.749. The second kappa shape index (κ2) is 4.34. The Morgan fingerprint density at radius 3 is 2.76 bits per heavy atom. The summed E-state index contributed by atoms with van der Waals surface area (Å²) >= 11 is 5.55. The Kier molecular flexibility index (Phi) is 3.03. The second-order valence-corrected chi connectivity index (χ2v) is 5.23. The molecule has 2 rings (SSSR count). The highest BCUT2D eigenvalue weighted by Gasteiger charge is 2.17. The van der Waals surface area contributed by atoms with Crippen LogP contribution in [0.15, 0.2) is 35.7 Å². The quantitative estimate of drug-likeness (QED) is 0.900. The number of aromatic amines is 1. The molecule has 0 saturated carbocycles. The minimum atomic E-state index is -3.86. The first kappa shape index (κ1) is 11.9. The fraction of sp³-hybridized carbons (Fsp3) is 0. The number of rotatable bonds is 3. The number of H-pyrrole nitrogens is 1. The molecule has 0 fully saturated rings. The average Bonchev–Trinajstić information content (AvgIpc) is 2.76. The van der Waals surface area contributed by atoms with Gasteiger partial charge in [0.05, 0.1) is 18.2 Å². The molecule has 0 radical (unpaired) electrons. The van der Waals surface area contributed by atoms with Crippen LogP contribution in [0.2, 0.25) is 5.02 Å². The summed E-state index contributed by atoms with van der Waals surface area (Å²) in [6.07, 6.45) is 2.34.